The second-order valence-electron chi connectivity index (χ2n) is 13.8. The molecule has 0 aliphatic heterocycles. The standard InChI is InChI=1S/C52H36N2/c1-5-15-37(16-6-1)38-25-27-39(28-26-38)41-31-34-48-50(36-41)54(45-22-11-4-12-23-45)52-47-24-14-13-17-42(47)35-49(51(48)52)40-29-32-46(33-30-40)53(43-18-7-2-8-19-43)44-20-9-3-10-21-44/h1-36H. The Balaban J connectivity index is 1.18. The Morgan fingerprint density at radius 2 is 0.815 bits per heavy atom. The fraction of sp³-hybridized carbons (Fsp3) is 0. The van der Waals surface area contributed by atoms with Gasteiger partial charge in [-0.1, -0.05) is 158 Å². The summed E-state index contributed by atoms with van der Waals surface area (Å²) < 4.78 is 2.47. The highest BCUT2D eigenvalue weighted by Crippen LogP contribution is 2.44. The summed E-state index contributed by atoms with van der Waals surface area (Å²) in [6.07, 6.45) is 0. The molecule has 0 bridgehead atoms. The summed E-state index contributed by atoms with van der Waals surface area (Å²) in [5.74, 6) is 0. The van der Waals surface area contributed by atoms with E-state index in [9.17, 15) is 0 Å². The van der Waals surface area contributed by atoms with Gasteiger partial charge in [-0.15, -0.1) is 0 Å². The lowest BCUT2D eigenvalue weighted by molar-refractivity contribution is 1.19. The molecule has 9 aromatic carbocycles. The number of fused-ring (bicyclic) bond motifs is 5. The maximum atomic E-state index is 2.47. The van der Waals surface area contributed by atoms with Crippen molar-refractivity contribution in [3.8, 4) is 39.1 Å². The first-order valence-electron chi connectivity index (χ1n) is 18.5. The van der Waals surface area contributed by atoms with Crippen LogP contribution in [0.4, 0.5) is 17.1 Å². The number of nitrogens with zero attached hydrogens (tertiary/aromatic N) is 2. The van der Waals surface area contributed by atoms with E-state index in [1.165, 1.54) is 66.0 Å². The molecule has 10 aromatic rings. The Morgan fingerprint density at radius 3 is 1.46 bits per heavy atom. The van der Waals surface area contributed by atoms with Gasteiger partial charge in [-0.2, -0.15) is 0 Å². The van der Waals surface area contributed by atoms with Crippen molar-refractivity contribution in [3.05, 3.63) is 218 Å². The van der Waals surface area contributed by atoms with Crippen LogP contribution in [0.3, 0.4) is 0 Å². The van der Waals surface area contributed by atoms with Gasteiger partial charge in [0.15, 0.2) is 0 Å². The molecule has 0 radical (unpaired) electrons. The minimum Gasteiger partial charge on any atom is -0.311 e. The normalized spacial score (nSPS) is 11.3. The van der Waals surface area contributed by atoms with Gasteiger partial charge in [0.05, 0.1) is 11.0 Å². The van der Waals surface area contributed by atoms with E-state index in [0.29, 0.717) is 0 Å². The van der Waals surface area contributed by atoms with Crippen LogP contribution in [0, 0.1) is 0 Å². The van der Waals surface area contributed by atoms with Crippen molar-refractivity contribution in [2.75, 3.05) is 4.90 Å². The Hall–Kier alpha value is -7.16. The van der Waals surface area contributed by atoms with Crippen molar-refractivity contribution in [2.45, 2.75) is 0 Å². The molecule has 2 heteroatoms. The van der Waals surface area contributed by atoms with Gasteiger partial charge >= 0.3 is 0 Å². The average Bonchev–Trinajstić information content (AvgIpc) is 3.60. The predicted octanol–water partition coefficient (Wildman–Crippen LogP) is 14.4. The van der Waals surface area contributed by atoms with Crippen LogP contribution in [0.5, 0.6) is 0 Å². The number of benzene rings is 9. The minimum atomic E-state index is 1.11. The van der Waals surface area contributed by atoms with E-state index < -0.39 is 0 Å². The summed E-state index contributed by atoms with van der Waals surface area (Å²) >= 11 is 0. The Bertz CT molecular complexity index is 2840. The van der Waals surface area contributed by atoms with Crippen molar-refractivity contribution in [2.24, 2.45) is 0 Å². The summed E-state index contributed by atoms with van der Waals surface area (Å²) in [4.78, 5) is 2.31. The molecule has 0 saturated carbocycles. The molecular formula is C52H36N2. The van der Waals surface area contributed by atoms with Crippen molar-refractivity contribution in [1.82, 2.24) is 4.57 Å². The lowest BCUT2D eigenvalue weighted by Crippen LogP contribution is -2.09. The summed E-state index contributed by atoms with van der Waals surface area (Å²) in [5.41, 5.74) is 14.2. The largest absolute Gasteiger partial charge is 0.311 e. The second kappa shape index (κ2) is 13.4. The molecule has 1 heterocycles. The number of aromatic nitrogens is 1. The zero-order valence-corrected chi connectivity index (χ0v) is 29.7. The highest BCUT2D eigenvalue weighted by Gasteiger charge is 2.21. The molecule has 0 aliphatic rings. The third-order valence-electron chi connectivity index (χ3n) is 10.6. The van der Waals surface area contributed by atoms with E-state index in [4.69, 9.17) is 0 Å². The Morgan fingerprint density at radius 1 is 0.333 bits per heavy atom. The van der Waals surface area contributed by atoms with E-state index in [2.05, 4.69) is 228 Å². The van der Waals surface area contributed by atoms with Crippen LogP contribution in [-0.4, -0.2) is 4.57 Å². The zero-order valence-electron chi connectivity index (χ0n) is 29.7. The molecule has 0 N–H and O–H groups in total. The van der Waals surface area contributed by atoms with Crippen LogP contribution in [-0.2, 0) is 0 Å². The molecular weight excluding hydrogens is 653 g/mol. The maximum Gasteiger partial charge on any atom is 0.0625 e. The quantitative estimate of drug-likeness (QED) is 0.162. The molecule has 54 heavy (non-hydrogen) atoms. The highest BCUT2D eigenvalue weighted by molar-refractivity contribution is 6.24. The van der Waals surface area contributed by atoms with Crippen molar-refractivity contribution >= 4 is 49.6 Å². The van der Waals surface area contributed by atoms with Gasteiger partial charge in [0, 0.05) is 38.9 Å². The Kier molecular flexibility index (Phi) is 7.85. The lowest BCUT2D eigenvalue weighted by Gasteiger charge is -2.25. The molecule has 0 unspecified atom stereocenters. The van der Waals surface area contributed by atoms with Gasteiger partial charge < -0.3 is 9.47 Å². The van der Waals surface area contributed by atoms with E-state index in [-0.39, 0.29) is 0 Å². The van der Waals surface area contributed by atoms with Crippen LogP contribution < -0.4 is 4.90 Å². The summed E-state index contributed by atoms with van der Waals surface area (Å²) in [6, 6.07) is 78.8. The SMILES string of the molecule is c1ccc(-c2ccc(-c3ccc4c5c(-c6ccc(N(c7ccccc7)c7ccccc7)cc6)cc6ccccc6c5n(-c5ccccc5)c4c3)cc2)cc1. The molecule has 0 saturated heterocycles. The van der Waals surface area contributed by atoms with Crippen molar-refractivity contribution in [1.29, 1.82) is 0 Å². The number of rotatable bonds is 7. The van der Waals surface area contributed by atoms with E-state index in [0.717, 1.165) is 22.7 Å². The molecule has 10 rings (SSSR count). The number of hydrogen-bond acceptors (Lipinski definition) is 1. The average molecular weight is 689 g/mol. The summed E-state index contributed by atoms with van der Waals surface area (Å²) in [7, 11) is 0. The molecule has 1 aromatic heterocycles. The molecule has 0 aliphatic carbocycles. The molecule has 0 spiro atoms. The first kappa shape index (κ1) is 31.6. The molecule has 0 atom stereocenters. The fourth-order valence-electron chi connectivity index (χ4n) is 8.01. The van der Waals surface area contributed by atoms with Crippen LogP contribution in [0.15, 0.2) is 218 Å². The maximum absolute atomic E-state index is 2.47. The van der Waals surface area contributed by atoms with Crippen molar-refractivity contribution < 1.29 is 0 Å². The van der Waals surface area contributed by atoms with Gasteiger partial charge in [0.1, 0.15) is 0 Å². The topological polar surface area (TPSA) is 8.17 Å². The monoisotopic (exact) mass is 688 g/mol. The van der Waals surface area contributed by atoms with E-state index >= 15 is 0 Å². The minimum absolute atomic E-state index is 1.11. The van der Waals surface area contributed by atoms with Crippen LogP contribution >= 0.6 is 0 Å². The first-order chi connectivity index (χ1) is 26.8. The van der Waals surface area contributed by atoms with Gasteiger partial charge in [-0.25, -0.2) is 0 Å². The zero-order chi connectivity index (χ0) is 35.8. The third-order valence-corrected chi connectivity index (χ3v) is 10.6. The van der Waals surface area contributed by atoms with Gasteiger partial charge in [-0.05, 0) is 99.4 Å². The van der Waals surface area contributed by atoms with Crippen molar-refractivity contribution in [3.63, 3.8) is 0 Å². The fourth-order valence-corrected chi connectivity index (χ4v) is 8.01. The van der Waals surface area contributed by atoms with Gasteiger partial charge in [-0.3, -0.25) is 0 Å². The second-order valence-corrected chi connectivity index (χ2v) is 13.8. The van der Waals surface area contributed by atoms with Crippen LogP contribution in [0.1, 0.15) is 0 Å². The summed E-state index contributed by atoms with van der Waals surface area (Å²) in [5, 5.41) is 4.95. The number of hydrogen-bond donors (Lipinski definition) is 0. The van der Waals surface area contributed by atoms with E-state index in [1.54, 1.807) is 0 Å². The predicted molar refractivity (Wildman–Crippen MR) is 229 cm³/mol. The molecule has 254 valence electrons. The molecule has 0 fully saturated rings. The third kappa shape index (κ3) is 5.53. The van der Waals surface area contributed by atoms with Crippen LogP contribution in [0.25, 0.3) is 71.6 Å². The summed E-state index contributed by atoms with van der Waals surface area (Å²) in [6.45, 7) is 0. The number of para-hydroxylation sites is 3. The van der Waals surface area contributed by atoms with E-state index in [1.807, 2.05) is 0 Å². The first-order valence-corrected chi connectivity index (χ1v) is 18.5. The van der Waals surface area contributed by atoms with Crippen LogP contribution in [0.2, 0.25) is 0 Å². The van der Waals surface area contributed by atoms with Gasteiger partial charge in [0.2, 0.25) is 0 Å². The lowest BCUT2D eigenvalue weighted by atomic mass is 9.94. The Labute approximate surface area is 315 Å². The smallest absolute Gasteiger partial charge is 0.0625 e. The van der Waals surface area contributed by atoms with Gasteiger partial charge in [0.25, 0.3) is 0 Å². The number of anilines is 3. The highest BCUT2D eigenvalue weighted by atomic mass is 15.1. The molecule has 2 nitrogen and oxygen atoms in total. The molecule has 0 amide bonds.